The lowest BCUT2D eigenvalue weighted by molar-refractivity contribution is 0.260. The summed E-state index contributed by atoms with van der Waals surface area (Å²) in [6, 6.07) is 35.9. The minimum Gasteiger partial charge on any atom is -0.405 e. The van der Waals surface area contributed by atoms with Crippen LogP contribution in [0.5, 0.6) is 11.5 Å². The van der Waals surface area contributed by atoms with Crippen LogP contribution in [0.4, 0.5) is 0 Å². The molecule has 188 valence electrons. The standard InChI is InChI=1S/C14H16NO3P.C12H12NO3P/c16-19(17,18)15(11-13-7-3-1-4-8-13)12-14-9-5-2-6-10-14;13-17(14,15-11-7-3-1-4-8-11)16-12-9-5-2-6-10-12/h1-10H,11-12H2,(H2,16,17,18);1-10H,(H2,13,14). The molecule has 8 nitrogen and oxygen atoms in total. The maximum absolute atomic E-state index is 11.9. The molecule has 0 aromatic heterocycles. The second kappa shape index (κ2) is 13.2. The van der Waals surface area contributed by atoms with Crippen molar-refractivity contribution in [3.05, 3.63) is 132 Å². The molecule has 0 radical (unpaired) electrons. The summed E-state index contributed by atoms with van der Waals surface area (Å²) >= 11 is 0. The third-order valence-electron chi connectivity index (χ3n) is 4.74. The van der Waals surface area contributed by atoms with Gasteiger partial charge in [0.2, 0.25) is 0 Å². The highest BCUT2D eigenvalue weighted by molar-refractivity contribution is 7.52. The Kier molecular flexibility index (Phi) is 10.0. The van der Waals surface area contributed by atoms with E-state index in [1.807, 2.05) is 72.8 Å². The quantitative estimate of drug-likeness (QED) is 0.227. The molecule has 4 aromatic rings. The van der Waals surface area contributed by atoms with E-state index >= 15 is 0 Å². The molecule has 0 aliphatic heterocycles. The van der Waals surface area contributed by atoms with Crippen LogP contribution in [0.15, 0.2) is 121 Å². The molecule has 0 saturated carbocycles. The third-order valence-corrected chi connectivity index (χ3v) is 6.69. The van der Waals surface area contributed by atoms with Gasteiger partial charge in [0.1, 0.15) is 11.5 Å². The Labute approximate surface area is 210 Å². The summed E-state index contributed by atoms with van der Waals surface area (Å²) in [6.07, 6.45) is 0. The number of benzene rings is 4. The van der Waals surface area contributed by atoms with Gasteiger partial charge in [-0.3, -0.25) is 0 Å². The highest BCUT2D eigenvalue weighted by atomic mass is 31.2. The zero-order valence-corrected chi connectivity index (χ0v) is 21.2. The van der Waals surface area contributed by atoms with Crippen LogP contribution in [0.3, 0.4) is 0 Å². The second-order valence-corrected chi connectivity index (χ2v) is 10.7. The van der Waals surface area contributed by atoms with Gasteiger partial charge in [0.15, 0.2) is 0 Å². The van der Waals surface area contributed by atoms with Crippen LogP contribution in [0.1, 0.15) is 11.1 Å². The van der Waals surface area contributed by atoms with Crippen LogP contribution in [0, 0.1) is 0 Å². The van der Waals surface area contributed by atoms with Crippen molar-refractivity contribution in [2.24, 2.45) is 5.50 Å². The lowest BCUT2D eigenvalue weighted by Crippen LogP contribution is -2.19. The van der Waals surface area contributed by atoms with Crippen LogP contribution in [0.25, 0.3) is 0 Å². The van der Waals surface area contributed by atoms with Gasteiger partial charge in [-0.1, -0.05) is 97.1 Å². The van der Waals surface area contributed by atoms with Gasteiger partial charge in [-0.25, -0.2) is 19.3 Å². The van der Waals surface area contributed by atoms with Crippen molar-refractivity contribution < 1.29 is 28.0 Å². The zero-order valence-electron chi connectivity index (χ0n) is 19.4. The van der Waals surface area contributed by atoms with Gasteiger partial charge in [0, 0.05) is 13.1 Å². The first-order valence-corrected chi connectivity index (χ1v) is 14.2. The minimum atomic E-state index is -4.27. The Morgan fingerprint density at radius 1 is 0.583 bits per heavy atom. The largest absolute Gasteiger partial charge is 0.510 e. The number of para-hydroxylation sites is 2. The molecule has 0 unspecified atom stereocenters. The van der Waals surface area contributed by atoms with Gasteiger partial charge < -0.3 is 18.8 Å². The number of hydrogen-bond acceptors (Lipinski definition) is 4. The van der Waals surface area contributed by atoms with E-state index in [1.165, 1.54) is 4.67 Å². The average molecular weight is 526 g/mol. The van der Waals surface area contributed by atoms with E-state index in [9.17, 15) is 18.9 Å². The summed E-state index contributed by atoms with van der Waals surface area (Å²) in [5, 5.41) is 0. The van der Waals surface area contributed by atoms with Crippen LogP contribution < -0.4 is 14.6 Å². The van der Waals surface area contributed by atoms with E-state index in [-0.39, 0.29) is 13.1 Å². The summed E-state index contributed by atoms with van der Waals surface area (Å²) in [6.45, 7) is 0.444. The Morgan fingerprint density at radius 2 is 0.889 bits per heavy atom. The predicted molar refractivity (Wildman–Crippen MR) is 140 cm³/mol. The van der Waals surface area contributed by atoms with E-state index in [4.69, 9.17) is 14.6 Å². The maximum Gasteiger partial charge on any atom is 0.510 e. The first kappa shape index (κ1) is 27.4. The predicted octanol–water partition coefficient (Wildman–Crippen LogP) is 5.99. The Balaban J connectivity index is 0.000000202. The van der Waals surface area contributed by atoms with Gasteiger partial charge >= 0.3 is 15.5 Å². The highest BCUT2D eigenvalue weighted by Gasteiger charge is 2.25. The fraction of sp³-hybridized carbons (Fsp3) is 0.0769. The van der Waals surface area contributed by atoms with Crippen molar-refractivity contribution in [2.45, 2.75) is 13.1 Å². The van der Waals surface area contributed by atoms with Crippen LogP contribution >= 0.6 is 15.5 Å². The van der Waals surface area contributed by atoms with Crippen LogP contribution in [0.2, 0.25) is 0 Å². The molecular formula is C26H28N2O6P2. The lowest BCUT2D eigenvalue weighted by Gasteiger charge is -2.23. The van der Waals surface area contributed by atoms with Crippen molar-refractivity contribution in [1.82, 2.24) is 4.67 Å². The zero-order chi connectivity index (χ0) is 25.9. The minimum absolute atomic E-state index is 0.222. The molecule has 10 heteroatoms. The molecule has 0 amide bonds. The van der Waals surface area contributed by atoms with E-state index < -0.39 is 15.5 Å². The molecule has 0 spiro atoms. The van der Waals surface area contributed by atoms with Gasteiger partial charge in [-0.05, 0) is 35.4 Å². The maximum atomic E-state index is 11.9. The van der Waals surface area contributed by atoms with Crippen molar-refractivity contribution >= 4 is 15.5 Å². The average Bonchev–Trinajstić information content (AvgIpc) is 2.85. The van der Waals surface area contributed by atoms with E-state index in [0.717, 1.165) is 11.1 Å². The van der Waals surface area contributed by atoms with Crippen LogP contribution in [-0.2, 0) is 22.2 Å². The normalized spacial score (nSPS) is 11.3. The molecule has 0 heterocycles. The first-order chi connectivity index (χ1) is 17.2. The first-order valence-electron chi connectivity index (χ1n) is 11.0. The summed E-state index contributed by atoms with van der Waals surface area (Å²) in [5.41, 5.74) is 7.25. The SMILES string of the molecule is NP(=O)(Oc1ccccc1)Oc1ccccc1.O=P(O)(O)N(Cc1ccccc1)Cc1ccccc1. The molecule has 0 aliphatic carbocycles. The summed E-state index contributed by atoms with van der Waals surface area (Å²) in [7, 11) is -7.91. The number of hydrogen-bond donors (Lipinski definition) is 3. The number of nitrogens with zero attached hydrogens (tertiary/aromatic N) is 1. The molecule has 0 saturated heterocycles. The third kappa shape index (κ3) is 9.80. The summed E-state index contributed by atoms with van der Waals surface area (Å²) in [4.78, 5) is 18.9. The summed E-state index contributed by atoms with van der Waals surface area (Å²) in [5.74, 6) is 0.823. The van der Waals surface area contributed by atoms with Crippen molar-refractivity contribution in [2.75, 3.05) is 0 Å². The molecule has 4 N–H and O–H groups in total. The fourth-order valence-electron chi connectivity index (χ4n) is 3.10. The van der Waals surface area contributed by atoms with Gasteiger partial charge in [0.05, 0.1) is 0 Å². The molecule has 0 atom stereocenters. The molecule has 0 aliphatic rings. The Morgan fingerprint density at radius 3 is 1.19 bits per heavy atom. The van der Waals surface area contributed by atoms with E-state index in [1.54, 1.807) is 48.5 Å². The van der Waals surface area contributed by atoms with E-state index in [0.29, 0.717) is 11.5 Å². The Hall–Kier alpha value is -3.22. The number of nitrogens with two attached hydrogens (primary N) is 1. The van der Waals surface area contributed by atoms with E-state index in [2.05, 4.69) is 0 Å². The number of rotatable bonds is 9. The van der Waals surface area contributed by atoms with Gasteiger partial charge in [-0.15, -0.1) is 0 Å². The molecule has 0 bridgehead atoms. The van der Waals surface area contributed by atoms with Crippen molar-refractivity contribution in [1.29, 1.82) is 0 Å². The Bertz CT molecular complexity index is 1190. The topological polar surface area (TPSA) is 122 Å². The van der Waals surface area contributed by atoms with Crippen molar-refractivity contribution in [3.8, 4) is 11.5 Å². The van der Waals surface area contributed by atoms with Gasteiger partial charge in [0.25, 0.3) is 0 Å². The van der Waals surface area contributed by atoms with Crippen molar-refractivity contribution in [3.63, 3.8) is 0 Å². The molecule has 4 rings (SSSR count). The second-order valence-electron chi connectivity index (χ2n) is 7.66. The lowest BCUT2D eigenvalue weighted by atomic mass is 10.2. The molecule has 0 fully saturated rings. The summed E-state index contributed by atoms with van der Waals surface area (Å²) < 4.78 is 34.9. The molecule has 4 aromatic carbocycles. The smallest absolute Gasteiger partial charge is 0.405 e. The molecular weight excluding hydrogens is 498 g/mol. The van der Waals surface area contributed by atoms with Crippen LogP contribution in [-0.4, -0.2) is 14.5 Å². The highest BCUT2D eigenvalue weighted by Crippen LogP contribution is 2.42. The monoisotopic (exact) mass is 526 g/mol. The van der Waals surface area contributed by atoms with Gasteiger partial charge in [-0.2, -0.15) is 0 Å². The molecule has 36 heavy (non-hydrogen) atoms. The fourth-order valence-corrected chi connectivity index (χ4v) is 4.67.